The van der Waals surface area contributed by atoms with Crippen LogP contribution in [0.15, 0.2) is 21.1 Å². The summed E-state index contributed by atoms with van der Waals surface area (Å²) >= 11 is 6.91. The van der Waals surface area contributed by atoms with Gasteiger partial charge < -0.3 is 15.8 Å². The topological polar surface area (TPSA) is 64.3 Å². The molecule has 0 unspecified atom stereocenters. The van der Waals surface area contributed by atoms with Crippen LogP contribution in [0.3, 0.4) is 0 Å². The summed E-state index contributed by atoms with van der Waals surface area (Å²) < 4.78 is 7.19. The maximum absolute atomic E-state index is 11.6. The van der Waals surface area contributed by atoms with Crippen molar-refractivity contribution < 1.29 is 9.53 Å². The molecule has 1 rings (SSSR count). The van der Waals surface area contributed by atoms with Crippen molar-refractivity contribution in [1.29, 1.82) is 0 Å². The van der Waals surface area contributed by atoms with Crippen LogP contribution in [0, 0.1) is 0 Å². The number of amides is 1. The van der Waals surface area contributed by atoms with Crippen LogP contribution in [0.25, 0.3) is 0 Å². The van der Waals surface area contributed by atoms with Gasteiger partial charge in [0.1, 0.15) is 5.75 Å². The number of nitrogens with one attached hydrogen (secondary N) is 1. The first kappa shape index (κ1) is 17.5. The first-order valence-electron chi connectivity index (χ1n) is 6.66. The fourth-order valence-electron chi connectivity index (χ4n) is 1.65. The molecule has 0 fully saturated rings. The van der Waals surface area contributed by atoms with Crippen LogP contribution < -0.4 is 15.8 Å². The summed E-state index contributed by atoms with van der Waals surface area (Å²) in [5, 5.41) is 2.81. The third-order valence-corrected chi connectivity index (χ3v) is 3.87. The lowest BCUT2D eigenvalue weighted by molar-refractivity contribution is -0.123. The molecule has 0 saturated carbocycles. The van der Waals surface area contributed by atoms with E-state index in [1.165, 1.54) is 0 Å². The van der Waals surface area contributed by atoms with Crippen molar-refractivity contribution in [2.24, 2.45) is 5.73 Å². The third kappa shape index (κ3) is 5.81. The van der Waals surface area contributed by atoms with Crippen LogP contribution in [0.2, 0.25) is 0 Å². The Labute approximate surface area is 136 Å². The van der Waals surface area contributed by atoms with Gasteiger partial charge in [0.05, 0.1) is 8.95 Å². The summed E-state index contributed by atoms with van der Waals surface area (Å²) in [7, 11) is 0. The predicted octanol–water partition coefficient (Wildman–Crippen LogP) is 3.01. The van der Waals surface area contributed by atoms with Gasteiger partial charge in [-0.1, -0.05) is 13.3 Å². The van der Waals surface area contributed by atoms with E-state index in [1.807, 2.05) is 12.1 Å². The Bertz CT molecular complexity index is 430. The van der Waals surface area contributed by atoms with E-state index < -0.39 is 0 Å². The molecule has 1 aromatic rings. The molecular weight excluding hydrogens is 388 g/mol. The molecule has 3 N–H and O–H groups in total. The molecule has 0 aliphatic rings. The summed E-state index contributed by atoms with van der Waals surface area (Å²) in [5.74, 6) is 0.527. The van der Waals surface area contributed by atoms with Gasteiger partial charge in [-0.3, -0.25) is 4.79 Å². The summed E-state index contributed by atoms with van der Waals surface area (Å²) in [5.41, 5.74) is 6.66. The molecule has 20 heavy (non-hydrogen) atoms. The Kier molecular flexibility index (Phi) is 8.18. The number of nitrogens with two attached hydrogens (primary N) is 1. The largest absolute Gasteiger partial charge is 0.481 e. The zero-order valence-corrected chi connectivity index (χ0v) is 14.7. The van der Waals surface area contributed by atoms with Crippen LogP contribution >= 0.6 is 31.9 Å². The summed E-state index contributed by atoms with van der Waals surface area (Å²) in [6.45, 7) is 3.38. The Balaban J connectivity index is 2.57. The molecule has 0 bridgehead atoms. The number of carbonyl (C=O) groups is 1. The van der Waals surface area contributed by atoms with Gasteiger partial charge in [0.2, 0.25) is 0 Å². The van der Waals surface area contributed by atoms with Crippen LogP contribution in [0.1, 0.15) is 25.3 Å². The summed E-state index contributed by atoms with van der Waals surface area (Å²) in [6, 6.07) is 3.92. The fourth-order valence-corrected chi connectivity index (χ4v) is 3.16. The quantitative estimate of drug-likeness (QED) is 0.651. The van der Waals surface area contributed by atoms with Crippen LogP contribution in [-0.2, 0) is 11.2 Å². The van der Waals surface area contributed by atoms with Crippen molar-refractivity contribution in [3.05, 3.63) is 26.6 Å². The molecule has 1 aromatic carbocycles. The number of unbranched alkanes of at least 4 members (excludes halogenated alkanes) is 1. The lowest BCUT2D eigenvalue weighted by Crippen LogP contribution is -2.29. The first-order chi connectivity index (χ1) is 9.58. The van der Waals surface area contributed by atoms with Gasteiger partial charge in [-0.25, -0.2) is 0 Å². The van der Waals surface area contributed by atoms with E-state index in [0.717, 1.165) is 33.8 Å². The molecule has 6 heteroatoms. The van der Waals surface area contributed by atoms with Crippen LogP contribution in [0.4, 0.5) is 0 Å². The smallest absolute Gasteiger partial charge is 0.257 e. The highest BCUT2D eigenvalue weighted by Crippen LogP contribution is 2.34. The second-order valence-electron chi connectivity index (χ2n) is 4.42. The average molecular weight is 408 g/mol. The number of benzene rings is 1. The molecule has 4 nitrogen and oxygen atoms in total. The number of halogens is 2. The van der Waals surface area contributed by atoms with Gasteiger partial charge in [0.25, 0.3) is 5.91 Å². The molecule has 0 atom stereocenters. The van der Waals surface area contributed by atoms with Crippen molar-refractivity contribution in [1.82, 2.24) is 5.32 Å². The summed E-state index contributed by atoms with van der Waals surface area (Å²) in [4.78, 5) is 11.6. The maximum Gasteiger partial charge on any atom is 0.257 e. The molecule has 0 aliphatic carbocycles. The number of hydrogen-bond donors (Lipinski definition) is 2. The van der Waals surface area contributed by atoms with Crippen molar-refractivity contribution >= 4 is 37.8 Å². The first-order valence-corrected chi connectivity index (χ1v) is 8.24. The average Bonchev–Trinajstić information content (AvgIpc) is 2.38. The van der Waals surface area contributed by atoms with Crippen molar-refractivity contribution in [2.45, 2.75) is 26.2 Å². The van der Waals surface area contributed by atoms with Gasteiger partial charge in [0.15, 0.2) is 6.61 Å². The van der Waals surface area contributed by atoms with E-state index in [2.05, 4.69) is 44.1 Å². The zero-order chi connectivity index (χ0) is 15.0. The second-order valence-corrected chi connectivity index (χ2v) is 6.13. The highest BCUT2D eigenvalue weighted by molar-refractivity contribution is 9.11. The molecule has 0 saturated heterocycles. The van der Waals surface area contributed by atoms with Gasteiger partial charge in [-0.05, 0) is 68.9 Å². The van der Waals surface area contributed by atoms with E-state index in [-0.39, 0.29) is 12.5 Å². The molecular formula is C14H20Br2N2O2. The highest BCUT2D eigenvalue weighted by Gasteiger charge is 2.11. The Morgan fingerprint density at radius 1 is 1.35 bits per heavy atom. The van der Waals surface area contributed by atoms with Crippen molar-refractivity contribution in [3.8, 4) is 5.75 Å². The van der Waals surface area contributed by atoms with Gasteiger partial charge >= 0.3 is 0 Å². The molecule has 0 radical (unpaired) electrons. The monoisotopic (exact) mass is 406 g/mol. The Hall–Kier alpha value is -0.590. The Morgan fingerprint density at radius 3 is 2.55 bits per heavy atom. The predicted molar refractivity (Wildman–Crippen MR) is 88.0 cm³/mol. The molecule has 0 aromatic heterocycles. The van der Waals surface area contributed by atoms with E-state index in [1.54, 1.807) is 0 Å². The minimum atomic E-state index is -0.108. The van der Waals surface area contributed by atoms with Crippen molar-refractivity contribution in [3.63, 3.8) is 0 Å². The van der Waals surface area contributed by atoms with Crippen molar-refractivity contribution in [2.75, 3.05) is 19.7 Å². The minimum Gasteiger partial charge on any atom is -0.481 e. The third-order valence-electron chi connectivity index (χ3n) is 2.69. The number of hydrogen-bond acceptors (Lipinski definition) is 3. The minimum absolute atomic E-state index is 0.0111. The SMILES string of the molecule is CCCCNC(=O)COc1c(Br)cc(CCN)cc1Br. The molecule has 0 aliphatic heterocycles. The number of carbonyl (C=O) groups excluding carboxylic acids is 1. The summed E-state index contributed by atoms with van der Waals surface area (Å²) in [6.07, 6.45) is 2.84. The standard InChI is InChI=1S/C14H20Br2N2O2/c1-2-3-6-18-13(19)9-20-14-11(15)7-10(4-5-17)8-12(14)16/h7-8H,2-6,9,17H2,1H3,(H,18,19). The Morgan fingerprint density at radius 2 is 2.00 bits per heavy atom. The molecule has 112 valence electrons. The fraction of sp³-hybridized carbons (Fsp3) is 0.500. The van der Waals surface area contributed by atoms with Gasteiger partial charge in [-0.2, -0.15) is 0 Å². The number of ether oxygens (including phenoxy) is 1. The molecule has 0 heterocycles. The van der Waals surface area contributed by atoms with Crippen LogP contribution in [0.5, 0.6) is 5.75 Å². The molecule has 0 spiro atoms. The lowest BCUT2D eigenvalue weighted by atomic mass is 10.1. The second kappa shape index (κ2) is 9.37. The van der Waals surface area contributed by atoms with E-state index in [4.69, 9.17) is 10.5 Å². The molecule has 1 amide bonds. The zero-order valence-electron chi connectivity index (χ0n) is 11.5. The maximum atomic E-state index is 11.6. The lowest BCUT2D eigenvalue weighted by Gasteiger charge is -2.12. The van der Waals surface area contributed by atoms with E-state index in [0.29, 0.717) is 18.8 Å². The normalized spacial score (nSPS) is 10.4. The van der Waals surface area contributed by atoms with E-state index in [9.17, 15) is 4.79 Å². The van der Waals surface area contributed by atoms with Gasteiger partial charge in [0, 0.05) is 6.54 Å². The van der Waals surface area contributed by atoms with Crippen LogP contribution in [-0.4, -0.2) is 25.6 Å². The van der Waals surface area contributed by atoms with Gasteiger partial charge in [-0.15, -0.1) is 0 Å². The highest BCUT2D eigenvalue weighted by atomic mass is 79.9. The van der Waals surface area contributed by atoms with E-state index >= 15 is 0 Å². The number of rotatable bonds is 8.